The number of rotatable bonds is 2. The molecular formula is C12H24N2O. The second-order valence-electron chi connectivity index (χ2n) is 4.86. The minimum absolute atomic E-state index is 0.145. The van der Waals surface area contributed by atoms with Gasteiger partial charge in [-0.2, -0.15) is 0 Å². The van der Waals surface area contributed by atoms with Crippen molar-refractivity contribution in [3.63, 3.8) is 0 Å². The van der Waals surface area contributed by atoms with E-state index < -0.39 is 0 Å². The molecule has 15 heavy (non-hydrogen) atoms. The number of hydrogen-bond acceptors (Lipinski definition) is 2. The fraction of sp³-hybridized carbons (Fsp3) is 0.917. The molecule has 1 aliphatic heterocycles. The molecule has 0 aromatic heterocycles. The van der Waals surface area contributed by atoms with E-state index in [2.05, 4.69) is 0 Å². The van der Waals surface area contributed by atoms with Gasteiger partial charge >= 0.3 is 0 Å². The van der Waals surface area contributed by atoms with Crippen LogP contribution in [0.5, 0.6) is 0 Å². The lowest BCUT2D eigenvalue weighted by atomic mass is 10.0. The van der Waals surface area contributed by atoms with Gasteiger partial charge in [0.05, 0.1) is 6.04 Å². The van der Waals surface area contributed by atoms with Crippen LogP contribution in [0.1, 0.15) is 46.0 Å². The van der Waals surface area contributed by atoms with E-state index in [9.17, 15) is 4.79 Å². The van der Waals surface area contributed by atoms with E-state index in [1.54, 1.807) is 0 Å². The smallest absolute Gasteiger partial charge is 0.239 e. The normalized spacial score (nSPS) is 20.9. The van der Waals surface area contributed by atoms with Crippen LogP contribution in [-0.4, -0.2) is 29.9 Å². The summed E-state index contributed by atoms with van der Waals surface area (Å²) in [6.07, 6.45) is 6.09. The SMILES string of the molecule is CC(C)C(N)C(=O)N1CCCCCCC1. The van der Waals surface area contributed by atoms with Gasteiger partial charge in [-0.15, -0.1) is 0 Å². The highest BCUT2D eigenvalue weighted by Crippen LogP contribution is 2.12. The lowest BCUT2D eigenvalue weighted by Gasteiger charge is -2.28. The zero-order valence-corrected chi connectivity index (χ0v) is 10.0. The molecule has 3 nitrogen and oxygen atoms in total. The van der Waals surface area contributed by atoms with Gasteiger partial charge in [0.1, 0.15) is 0 Å². The Kier molecular flexibility index (Phi) is 5.09. The number of carbonyl (C=O) groups excluding carboxylic acids is 1. The van der Waals surface area contributed by atoms with Crippen LogP contribution in [-0.2, 0) is 4.79 Å². The first-order valence-corrected chi connectivity index (χ1v) is 6.17. The first kappa shape index (κ1) is 12.5. The fourth-order valence-electron chi connectivity index (χ4n) is 1.96. The molecule has 0 spiro atoms. The van der Waals surface area contributed by atoms with Gasteiger partial charge in [0.25, 0.3) is 0 Å². The third-order valence-corrected chi connectivity index (χ3v) is 3.17. The Morgan fingerprint density at radius 1 is 1.07 bits per heavy atom. The van der Waals surface area contributed by atoms with Crippen molar-refractivity contribution < 1.29 is 4.79 Å². The highest BCUT2D eigenvalue weighted by atomic mass is 16.2. The summed E-state index contributed by atoms with van der Waals surface area (Å²) in [7, 11) is 0. The molecule has 2 N–H and O–H groups in total. The molecule has 0 aromatic rings. The van der Waals surface area contributed by atoms with Crippen LogP contribution in [0.3, 0.4) is 0 Å². The van der Waals surface area contributed by atoms with Crippen LogP contribution in [0, 0.1) is 5.92 Å². The van der Waals surface area contributed by atoms with Crippen molar-refractivity contribution in [2.75, 3.05) is 13.1 Å². The van der Waals surface area contributed by atoms with Crippen LogP contribution < -0.4 is 5.73 Å². The molecule has 0 bridgehead atoms. The maximum Gasteiger partial charge on any atom is 0.239 e. The molecule has 0 saturated carbocycles. The number of amides is 1. The van der Waals surface area contributed by atoms with Gasteiger partial charge in [0.2, 0.25) is 5.91 Å². The molecule has 1 saturated heterocycles. The summed E-state index contributed by atoms with van der Waals surface area (Å²) in [5.74, 6) is 0.384. The van der Waals surface area contributed by atoms with Crippen LogP contribution in [0.4, 0.5) is 0 Å². The molecule has 0 aliphatic carbocycles. The summed E-state index contributed by atoms with van der Waals surface area (Å²) in [4.78, 5) is 14.0. The lowest BCUT2D eigenvalue weighted by molar-refractivity contribution is -0.133. The number of carbonyl (C=O) groups is 1. The van der Waals surface area contributed by atoms with Crippen molar-refractivity contribution in [3.05, 3.63) is 0 Å². The molecule has 1 heterocycles. The molecule has 1 amide bonds. The van der Waals surface area contributed by atoms with E-state index in [4.69, 9.17) is 5.73 Å². The first-order chi connectivity index (χ1) is 7.13. The highest BCUT2D eigenvalue weighted by Gasteiger charge is 2.23. The molecule has 1 rings (SSSR count). The first-order valence-electron chi connectivity index (χ1n) is 6.17. The predicted octanol–water partition coefficient (Wildman–Crippen LogP) is 1.76. The lowest BCUT2D eigenvalue weighted by Crippen LogP contribution is -2.47. The topological polar surface area (TPSA) is 46.3 Å². The average molecular weight is 212 g/mol. The Morgan fingerprint density at radius 2 is 1.53 bits per heavy atom. The summed E-state index contributed by atoms with van der Waals surface area (Å²) in [5.41, 5.74) is 5.89. The summed E-state index contributed by atoms with van der Waals surface area (Å²) >= 11 is 0. The minimum atomic E-state index is -0.315. The van der Waals surface area contributed by atoms with Crippen molar-refractivity contribution in [2.24, 2.45) is 11.7 Å². The third kappa shape index (κ3) is 3.82. The van der Waals surface area contributed by atoms with Crippen LogP contribution >= 0.6 is 0 Å². The zero-order valence-electron chi connectivity index (χ0n) is 10.0. The molecule has 3 heteroatoms. The number of likely N-dealkylation sites (tertiary alicyclic amines) is 1. The standard InChI is InChI=1S/C12H24N2O/c1-10(2)11(13)12(15)14-8-6-4-3-5-7-9-14/h10-11H,3-9,13H2,1-2H3. The second-order valence-corrected chi connectivity index (χ2v) is 4.86. The molecule has 1 aliphatic rings. The van der Waals surface area contributed by atoms with Gasteiger partial charge < -0.3 is 10.6 Å². The summed E-state index contributed by atoms with van der Waals surface area (Å²) in [5, 5.41) is 0. The molecule has 0 radical (unpaired) electrons. The Bertz CT molecular complexity index is 196. The van der Waals surface area contributed by atoms with Crippen molar-refractivity contribution in [1.29, 1.82) is 0 Å². The monoisotopic (exact) mass is 212 g/mol. The van der Waals surface area contributed by atoms with E-state index in [1.807, 2.05) is 18.7 Å². The predicted molar refractivity (Wildman–Crippen MR) is 62.5 cm³/mol. The van der Waals surface area contributed by atoms with Crippen molar-refractivity contribution in [3.8, 4) is 0 Å². The van der Waals surface area contributed by atoms with E-state index in [-0.39, 0.29) is 17.9 Å². The number of hydrogen-bond donors (Lipinski definition) is 1. The van der Waals surface area contributed by atoms with E-state index in [0.717, 1.165) is 25.9 Å². The van der Waals surface area contributed by atoms with Gasteiger partial charge in [-0.25, -0.2) is 0 Å². The summed E-state index contributed by atoms with van der Waals surface area (Å²) in [6.45, 7) is 5.82. The van der Waals surface area contributed by atoms with E-state index in [0.29, 0.717) is 0 Å². The van der Waals surface area contributed by atoms with Crippen LogP contribution in [0.15, 0.2) is 0 Å². The Labute approximate surface area is 93.0 Å². The zero-order chi connectivity index (χ0) is 11.3. The second kappa shape index (κ2) is 6.11. The third-order valence-electron chi connectivity index (χ3n) is 3.17. The van der Waals surface area contributed by atoms with Gasteiger partial charge in [0, 0.05) is 13.1 Å². The van der Waals surface area contributed by atoms with E-state index in [1.165, 1.54) is 19.3 Å². The Morgan fingerprint density at radius 3 is 2.00 bits per heavy atom. The quantitative estimate of drug-likeness (QED) is 0.758. The van der Waals surface area contributed by atoms with Crippen molar-refractivity contribution in [1.82, 2.24) is 4.90 Å². The molecule has 0 aromatic carbocycles. The summed E-state index contributed by atoms with van der Waals surface area (Å²) < 4.78 is 0. The highest BCUT2D eigenvalue weighted by molar-refractivity contribution is 5.81. The molecule has 1 unspecified atom stereocenters. The van der Waals surface area contributed by atoms with Crippen LogP contribution in [0.25, 0.3) is 0 Å². The van der Waals surface area contributed by atoms with Gasteiger partial charge in [0.15, 0.2) is 0 Å². The average Bonchev–Trinajstić information content (AvgIpc) is 2.15. The Balaban J connectivity index is 2.48. The largest absolute Gasteiger partial charge is 0.341 e. The number of nitrogens with two attached hydrogens (primary N) is 1. The van der Waals surface area contributed by atoms with Crippen LogP contribution in [0.2, 0.25) is 0 Å². The van der Waals surface area contributed by atoms with E-state index >= 15 is 0 Å². The Hall–Kier alpha value is -0.570. The minimum Gasteiger partial charge on any atom is -0.341 e. The molecular weight excluding hydrogens is 188 g/mol. The van der Waals surface area contributed by atoms with Gasteiger partial charge in [-0.3, -0.25) is 4.79 Å². The number of nitrogens with zero attached hydrogens (tertiary/aromatic N) is 1. The molecule has 1 atom stereocenters. The van der Waals surface area contributed by atoms with Crippen molar-refractivity contribution in [2.45, 2.75) is 52.0 Å². The maximum absolute atomic E-state index is 12.0. The molecule has 88 valence electrons. The molecule has 1 fully saturated rings. The van der Waals surface area contributed by atoms with Crippen molar-refractivity contribution >= 4 is 5.91 Å². The fourth-order valence-corrected chi connectivity index (χ4v) is 1.96. The van der Waals surface area contributed by atoms with Gasteiger partial charge in [-0.05, 0) is 18.8 Å². The summed E-state index contributed by atoms with van der Waals surface area (Å²) in [6, 6.07) is -0.315. The maximum atomic E-state index is 12.0. The van der Waals surface area contributed by atoms with Gasteiger partial charge in [-0.1, -0.05) is 33.1 Å².